The molecule has 0 spiro atoms. The monoisotopic (exact) mass is 555 g/mol. The van der Waals surface area contributed by atoms with Crippen molar-refractivity contribution in [1.82, 2.24) is 19.7 Å². The summed E-state index contributed by atoms with van der Waals surface area (Å²) in [5.74, 6) is -1.46. The van der Waals surface area contributed by atoms with E-state index in [9.17, 15) is 17.6 Å². The molecule has 2 heterocycles. The van der Waals surface area contributed by atoms with Crippen molar-refractivity contribution in [3.63, 3.8) is 0 Å². The topological polar surface area (TPSA) is 146 Å². The number of carbonyl (C=O) groups is 1. The average Bonchev–Trinajstić information content (AvgIpc) is 2.84. The van der Waals surface area contributed by atoms with Gasteiger partial charge in [-0.1, -0.05) is 17.7 Å². The van der Waals surface area contributed by atoms with E-state index in [1.54, 1.807) is 12.1 Å². The van der Waals surface area contributed by atoms with Crippen LogP contribution in [0.5, 0.6) is 17.4 Å². The van der Waals surface area contributed by atoms with Crippen LogP contribution in [0.1, 0.15) is 38.2 Å². The molecule has 0 aliphatic carbocycles. The van der Waals surface area contributed by atoms with E-state index in [0.29, 0.717) is 17.1 Å². The number of pyridine rings is 1. The third-order valence-corrected chi connectivity index (χ3v) is 6.63. The van der Waals surface area contributed by atoms with Crippen LogP contribution in [0.15, 0.2) is 66.0 Å². The number of hydrogen-bond donors (Lipinski definition) is 2. The summed E-state index contributed by atoms with van der Waals surface area (Å²) in [4.78, 5) is 25.1. The zero-order valence-electron chi connectivity index (χ0n) is 21.6. The third-order valence-electron chi connectivity index (χ3n) is 5.35. The maximum atomic E-state index is 14.4. The van der Waals surface area contributed by atoms with Crippen molar-refractivity contribution >= 4 is 21.7 Å². The van der Waals surface area contributed by atoms with Gasteiger partial charge >= 0.3 is 0 Å². The molecule has 4 rings (SSSR count). The summed E-state index contributed by atoms with van der Waals surface area (Å²) < 4.78 is 53.6. The summed E-state index contributed by atoms with van der Waals surface area (Å²) in [7, 11) is -4.47. The molecule has 0 atom stereocenters. The Morgan fingerprint density at radius 1 is 1.05 bits per heavy atom. The second-order valence-corrected chi connectivity index (χ2v) is 10.5. The van der Waals surface area contributed by atoms with Crippen molar-refractivity contribution in [1.29, 1.82) is 0 Å². The molecule has 1 amide bonds. The maximum Gasteiger partial charge on any atom is 0.285 e. The molecule has 0 saturated carbocycles. The zero-order valence-corrected chi connectivity index (χ0v) is 22.4. The number of nitrogens with one attached hydrogen (secondary N) is 1. The highest BCUT2D eigenvalue weighted by atomic mass is 32.2. The van der Waals surface area contributed by atoms with Crippen molar-refractivity contribution in [3.8, 4) is 28.6 Å². The maximum absolute atomic E-state index is 14.4. The SMILES string of the molecule is Cc1ccc(Oc2nc(-c3cc(F)cc(OC(C)C)c3)ccc2C(=O)NS(=O)(=O)c2nccnc2N)c(C)c1.[HH].[HH]. The minimum Gasteiger partial charge on any atom is -0.491 e. The predicted molar refractivity (Wildman–Crippen MR) is 147 cm³/mol. The summed E-state index contributed by atoms with van der Waals surface area (Å²) in [5.41, 5.74) is 7.82. The van der Waals surface area contributed by atoms with Gasteiger partial charge in [0.05, 0.1) is 11.8 Å². The minimum atomic E-state index is -4.47. The van der Waals surface area contributed by atoms with E-state index >= 15 is 0 Å². The standard InChI is InChI=1S/C27H26FN5O5S.2H2/c1-15(2)37-20-13-18(12-19(28)14-20)22-7-6-21(26(32-22)38-23-8-5-16(3)11-17(23)4)25(34)33-39(35,36)27-24(29)30-9-10-31-27;;/h5-15H,1-4H3,(H2,29,30)(H,33,34);2*1H. The lowest BCUT2D eigenvalue weighted by Gasteiger charge is -2.15. The molecule has 39 heavy (non-hydrogen) atoms. The number of anilines is 1. The Kier molecular flexibility index (Phi) is 7.77. The van der Waals surface area contributed by atoms with E-state index in [4.69, 9.17) is 15.2 Å². The number of sulfonamides is 1. The second-order valence-electron chi connectivity index (χ2n) is 8.94. The Bertz CT molecular complexity index is 1670. The highest BCUT2D eigenvalue weighted by Gasteiger charge is 2.26. The first-order valence-electron chi connectivity index (χ1n) is 11.8. The molecule has 10 nitrogen and oxygen atoms in total. The number of amides is 1. The summed E-state index contributed by atoms with van der Waals surface area (Å²) in [5, 5.41) is -0.600. The van der Waals surface area contributed by atoms with Gasteiger partial charge in [0.15, 0.2) is 5.82 Å². The van der Waals surface area contributed by atoms with Crippen LogP contribution in [0.3, 0.4) is 0 Å². The van der Waals surface area contributed by atoms with E-state index in [1.807, 2.05) is 44.5 Å². The molecule has 3 N–H and O–H groups in total. The number of carbonyl (C=O) groups excluding carboxylic acids is 1. The predicted octanol–water partition coefficient (Wildman–Crippen LogP) is 5.07. The van der Waals surface area contributed by atoms with Crippen molar-refractivity contribution in [2.45, 2.75) is 38.8 Å². The van der Waals surface area contributed by atoms with Crippen molar-refractivity contribution < 1.29 is 29.9 Å². The van der Waals surface area contributed by atoms with Crippen LogP contribution in [-0.4, -0.2) is 35.4 Å². The number of aryl methyl sites for hydroxylation is 2. The smallest absolute Gasteiger partial charge is 0.285 e. The van der Waals surface area contributed by atoms with Crippen LogP contribution in [0, 0.1) is 19.7 Å². The number of nitrogens with zero attached hydrogens (tertiary/aromatic N) is 3. The van der Waals surface area contributed by atoms with E-state index < -0.39 is 26.8 Å². The van der Waals surface area contributed by atoms with Gasteiger partial charge in [-0.05, 0) is 63.6 Å². The van der Waals surface area contributed by atoms with Crippen molar-refractivity contribution in [2.75, 3.05) is 5.73 Å². The van der Waals surface area contributed by atoms with Gasteiger partial charge in [-0.25, -0.2) is 24.1 Å². The van der Waals surface area contributed by atoms with Crippen LogP contribution >= 0.6 is 0 Å². The number of nitrogens with two attached hydrogens (primary N) is 1. The number of benzene rings is 2. The van der Waals surface area contributed by atoms with Gasteiger partial charge in [0, 0.05) is 26.9 Å². The molecule has 206 valence electrons. The first kappa shape index (κ1) is 27.5. The normalized spacial score (nSPS) is 11.3. The summed E-state index contributed by atoms with van der Waals surface area (Å²) in [6.45, 7) is 7.36. The van der Waals surface area contributed by atoms with Crippen molar-refractivity contribution in [3.05, 3.63) is 83.4 Å². The number of nitrogen functional groups attached to an aromatic ring is 1. The van der Waals surface area contributed by atoms with E-state index in [0.717, 1.165) is 17.3 Å². The number of halogens is 1. The number of aromatic nitrogens is 3. The van der Waals surface area contributed by atoms with Crippen LogP contribution in [-0.2, 0) is 10.0 Å². The van der Waals surface area contributed by atoms with Crippen LogP contribution in [0.2, 0.25) is 0 Å². The van der Waals surface area contributed by atoms with Crippen LogP contribution < -0.4 is 19.9 Å². The van der Waals surface area contributed by atoms with Crippen LogP contribution in [0.25, 0.3) is 11.3 Å². The fourth-order valence-corrected chi connectivity index (χ4v) is 4.67. The van der Waals surface area contributed by atoms with Gasteiger partial charge in [0.1, 0.15) is 22.9 Å². The number of rotatable bonds is 8. The highest BCUT2D eigenvalue weighted by Crippen LogP contribution is 2.32. The Labute approximate surface area is 228 Å². The summed E-state index contributed by atoms with van der Waals surface area (Å²) in [6, 6.07) is 12.3. The molecule has 2 aromatic carbocycles. The van der Waals surface area contributed by atoms with Crippen molar-refractivity contribution in [2.24, 2.45) is 0 Å². The van der Waals surface area contributed by atoms with E-state index in [2.05, 4.69) is 15.0 Å². The Morgan fingerprint density at radius 3 is 2.49 bits per heavy atom. The van der Waals surface area contributed by atoms with Crippen LogP contribution in [0.4, 0.5) is 10.2 Å². The van der Waals surface area contributed by atoms with E-state index in [1.165, 1.54) is 30.5 Å². The quantitative estimate of drug-likeness (QED) is 0.304. The summed E-state index contributed by atoms with van der Waals surface area (Å²) in [6.07, 6.45) is 2.17. The molecular formula is C27H30FN5O5S. The lowest BCUT2D eigenvalue weighted by Crippen LogP contribution is -2.32. The van der Waals surface area contributed by atoms with E-state index in [-0.39, 0.29) is 31.9 Å². The molecule has 0 unspecified atom stereocenters. The Balaban J connectivity index is 0.00000294. The molecule has 12 heteroatoms. The van der Waals surface area contributed by atoms with Gasteiger partial charge in [-0.15, -0.1) is 0 Å². The fraction of sp³-hybridized carbons (Fsp3) is 0.185. The Hall–Kier alpha value is -4.58. The summed E-state index contributed by atoms with van der Waals surface area (Å²) >= 11 is 0. The third kappa shape index (κ3) is 6.47. The molecule has 0 saturated heterocycles. The first-order chi connectivity index (χ1) is 18.4. The highest BCUT2D eigenvalue weighted by molar-refractivity contribution is 7.90. The fourth-order valence-electron chi connectivity index (χ4n) is 3.69. The zero-order chi connectivity index (χ0) is 28.3. The number of hydrogen-bond acceptors (Lipinski definition) is 9. The van der Waals surface area contributed by atoms with Gasteiger partial charge in [-0.2, -0.15) is 8.42 Å². The largest absolute Gasteiger partial charge is 0.491 e. The average molecular weight is 556 g/mol. The lowest BCUT2D eigenvalue weighted by molar-refractivity contribution is 0.0978. The second kappa shape index (κ2) is 11.0. The van der Waals surface area contributed by atoms with Gasteiger partial charge in [-0.3, -0.25) is 4.79 Å². The molecule has 0 aliphatic rings. The molecule has 2 aromatic heterocycles. The minimum absolute atomic E-state index is 0. The molecule has 4 aromatic rings. The molecule has 0 bridgehead atoms. The van der Waals surface area contributed by atoms with Gasteiger partial charge in [0.2, 0.25) is 10.9 Å². The molecule has 0 aliphatic heterocycles. The lowest BCUT2D eigenvalue weighted by atomic mass is 10.1. The van der Waals surface area contributed by atoms with Gasteiger partial charge in [0.25, 0.3) is 15.9 Å². The molecule has 0 fully saturated rings. The molecular weight excluding hydrogens is 525 g/mol. The molecule has 0 radical (unpaired) electrons. The first-order valence-corrected chi connectivity index (χ1v) is 13.3. The van der Waals surface area contributed by atoms with Gasteiger partial charge < -0.3 is 15.2 Å². The Morgan fingerprint density at radius 2 is 1.79 bits per heavy atom. The number of ether oxygens (including phenoxy) is 2.